The number of amides is 1. The van der Waals surface area contributed by atoms with Gasteiger partial charge in [0.05, 0.1) is 5.41 Å². The van der Waals surface area contributed by atoms with E-state index in [1.54, 1.807) is 0 Å². The zero-order chi connectivity index (χ0) is 12.2. The van der Waals surface area contributed by atoms with E-state index in [1.807, 2.05) is 0 Å². The van der Waals surface area contributed by atoms with Crippen LogP contribution in [0, 0.1) is 11.3 Å². The molecule has 1 aliphatic carbocycles. The summed E-state index contributed by atoms with van der Waals surface area (Å²) in [6, 6.07) is 0.469. The lowest BCUT2D eigenvalue weighted by molar-refractivity contribution is -0.127. The summed E-state index contributed by atoms with van der Waals surface area (Å²) in [5.41, 5.74) is 5.28. The summed E-state index contributed by atoms with van der Waals surface area (Å²) in [4.78, 5) is 11.5. The second-order valence-electron chi connectivity index (χ2n) is 5.76. The maximum absolute atomic E-state index is 11.5. The summed E-state index contributed by atoms with van der Waals surface area (Å²) >= 11 is 0. The first-order valence-corrected chi connectivity index (χ1v) is 6.49. The molecule has 3 heteroatoms. The molecule has 3 N–H and O–H groups in total. The first-order chi connectivity index (χ1) is 7.46. The zero-order valence-electron chi connectivity index (χ0n) is 10.9. The van der Waals surface area contributed by atoms with Gasteiger partial charge in [0.15, 0.2) is 0 Å². The molecular weight excluding hydrogens is 200 g/mol. The fourth-order valence-electron chi connectivity index (χ4n) is 2.72. The Morgan fingerprint density at radius 3 is 2.31 bits per heavy atom. The molecule has 0 aliphatic heterocycles. The molecule has 16 heavy (non-hydrogen) atoms. The molecule has 3 nitrogen and oxygen atoms in total. The minimum atomic E-state index is -0.259. The van der Waals surface area contributed by atoms with Crippen LogP contribution >= 0.6 is 0 Å². The van der Waals surface area contributed by atoms with Crippen molar-refractivity contribution in [2.75, 3.05) is 6.54 Å². The molecule has 0 aromatic rings. The molecule has 1 amide bonds. The summed E-state index contributed by atoms with van der Waals surface area (Å²) in [5, 5.41) is 3.48. The first-order valence-electron chi connectivity index (χ1n) is 6.49. The number of carbonyl (C=O) groups is 1. The van der Waals surface area contributed by atoms with Crippen molar-refractivity contribution in [3.8, 4) is 0 Å². The van der Waals surface area contributed by atoms with Gasteiger partial charge in [-0.05, 0) is 32.1 Å². The van der Waals surface area contributed by atoms with Gasteiger partial charge < -0.3 is 11.1 Å². The van der Waals surface area contributed by atoms with E-state index in [0.717, 1.165) is 38.6 Å². The number of rotatable bonds is 6. The van der Waals surface area contributed by atoms with E-state index in [1.165, 1.54) is 0 Å². The number of nitrogens with one attached hydrogen (secondary N) is 1. The SMILES string of the molecule is CC(C)CC(C)NCC1(C(N)=O)CCCC1. The van der Waals surface area contributed by atoms with Crippen molar-refractivity contribution in [3.05, 3.63) is 0 Å². The van der Waals surface area contributed by atoms with Crippen LogP contribution in [0.1, 0.15) is 52.9 Å². The van der Waals surface area contributed by atoms with E-state index >= 15 is 0 Å². The summed E-state index contributed by atoms with van der Waals surface area (Å²) in [5.74, 6) is 0.574. The minimum Gasteiger partial charge on any atom is -0.369 e. The smallest absolute Gasteiger partial charge is 0.224 e. The molecule has 0 aromatic carbocycles. The van der Waals surface area contributed by atoms with Gasteiger partial charge in [-0.15, -0.1) is 0 Å². The van der Waals surface area contributed by atoms with Crippen molar-refractivity contribution in [2.45, 2.75) is 58.9 Å². The Morgan fingerprint density at radius 1 is 1.31 bits per heavy atom. The fourth-order valence-corrected chi connectivity index (χ4v) is 2.72. The molecule has 0 radical (unpaired) electrons. The van der Waals surface area contributed by atoms with Crippen LogP contribution in [0.5, 0.6) is 0 Å². The molecule has 1 rings (SSSR count). The van der Waals surface area contributed by atoms with Crippen LogP contribution in [-0.4, -0.2) is 18.5 Å². The molecule has 0 heterocycles. The summed E-state index contributed by atoms with van der Waals surface area (Å²) in [7, 11) is 0. The quantitative estimate of drug-likeness (QED) is 0.728. The van der Waals surface area contributed by atoms with Crippen LogP contribution in [-0.2, 0) is 4.79 Å². The number of carbonyl (C=O) groups excluding carboxylic acids is 1. The average molecular weight is 226 g/mol. The van der Waals surface area contributed by atoms with Crippen LogP contribution in [0.4, 0.5) is 0 Å². The van der Waals surface area contributed by atoms with Crippen LogP contribution in [0.2, 0.25) is 0 Å². The van der Waals surface area contributed by atoms with Gasteiger partial charge in [-0.1, -0.05) is 26.7 Å². The second kappa shape index (κ2) is 5.67. The lowest BCUT2D eigenvalue weighted by Crippen LogP contribution is -2.45. The molecule has 94 valence electrons. The average Bonchev–Trinajstić information content (AvgIpc) is 2.63. The van der Waals surface area contributed by atoms with E-state index in [0.29, 0.717) is 12.0 Å². The van der Waals surface area contributed by atoms with Gasteiger partial charge in [0, 0.05) is 12.6 Å². The lowest BCUT2D eigenvalue weighted by atomic mass is 9.85. The van der Waals surface area contributed by atoms with Crippen LogP contribution < -0.4 is 11.1 Å². The molecule has 1 aliphatic rings. The van der Waals surface area contributed by atoms with Crippen molar-refractivity contribution >= 4 is 5.91 Å². The van der Waals surface area contributed by atoms with Crippen molar-refractivity contribution in [1.29, 1.82) is 0 Å². The Hall–Kier alpha value is -0.570. The van der Waals surface area contributed by atoms with E-state index in [2.05, 4.69) is 26.1 Å². The molecule has 1 fully saturated rings. The Balaban J connectivity index is 2.42. The normalized spacial score (nSPS) is 21.2. The third-order valence-electron chi connectivity index (χ3n) is 3.70. The predicted molar refractivity (Wildman–Crippen MR) is 67.0 cm³/mol. The summed E-state index contributed by atoms with van der Waals surface area (Å²) in [6.45, 7) is 7.38. The molecule has 1 unspecified atom stereocenters. The molecule has 0 aromatic heterocycles. The fraction of sp³-hybridized carbons (Fsp3) is 0.923. The molecule has 1 atom stereocenters. The van der Waals surface area contributed by atoms with Crippen LogP contribution in [0.3, 0.4) is 0 Å². The van der Waals surface area contributed by atoms with Gasteiger partial charge >= 0.3 is 0 Å². The maximum Gasteiger partial charge on any atom is 0.224 e. The Labute approximate surface area is 99.2 Å². The molecular formula is C13H26N2O. The van der Waals surface area contributed by atoms with E-state index in [4.69, 9.17) is 5.73 Å². The van der Waals surface area contributed by atoms with Gasteiger partial charge in [0.2, 0.25) is 5.91 Å². The van der Waals surface area contributed by atoms with Gasteiger partial charge in [0.25, 0.3) is 0 Å². The lowest BCUT2D eigenvalue weighted by Gasteiger charge is -2.28. The number of hydrogen-bond acceptors (Lipinski definition) is 2. The number of nitrogens with two attached hydrogens (primary N) is 1. The van der Waals surface area contributed by atoms with Gasteiger partial charge in [-0.3, -0.25) is 4.79 Å². The van der Waals surface area contributed by atoms with E-state index in [-0.39, 0.29) is 11.3 Å². The van der Waals surface area contributed by atoms with Gasteiger partial charge in [-0.2, -0.15) is 0 Å². The molecule has 1 saturated carbocycles. The highest BCUT2D eigenvalue weighted by Crippen LogP contribution is 2.37. The van der Waals surface area contributed by atoms with Crippen molar-refractivity contribution in [2.24, 2.45) is 17.1 Å². The highest BCUT2D eigenvalue weighted by molar-refractivity contribution is 5.81. The highest BCUT2D eigenvalue weighted by Gasteiger charge is 2.39. The minimum absolute atomic E-state index is 0.116. The maximum atomic E-state index is 11.5. The molecule has 0 spiro atoms. The monoisotopic (exact) mass is 226 g/mol. The molecule has 0 saturated heterocycles. The Morgan fingerprint density at radius 2 is 1.88 bits per heavy atom. The Bertz CT molecular complexity index is 232. The number of hydrogen-bond donors (Lipinski definition) is 2. The molecule has 0 bridgehead atoms. The largest absolute Gasteiger partial charge is 0.369 e. The van der Waals surface area contributed by atoms with Crippen molar-refractivity contribution < 1.29 is 4.79 Å². The number of primary amides is 1. The second-order valence-corrected chi connectivity index (χ2v) is 5.76. The van der Waals surface area contributed by atoms with Crippen LogP contribution in [0.25, 0.3) is 0 Å². The first kappa shape index (κ1) is 13.5. The van der Waals surface area contributed by atoms with E-state index < -0.39 is 0 Å². The van der Waals surface area contributed by atoms with Crippen molar-refractivity contribution in [1.82, 2.24) is 5.32 Å². The van der Waals surface area contributed by atoms with Gasteiger partial charge in [-0.25, -0.2) is 0 Å². The summed E-state index contributed by atoms with van der Waals surface area (Å²) in [6.07, 6.45) is 5.36. The Kier molecular flexibility index (Phi) is 4.78. The summed E-state index contributed by atoms with van der Waals surface area (Å²) < 4.78 is 0. The topological polar surface area (TPSA) is 55.1 Å². The third-order valence-corrected chi connectivity index (χ3v) is 3.70. The van der Waals surface area contributed by atoms with Crippen LogP contribution in [0.15, 0.2) is 0 Å². The van der Waals surface area contributed by atoms with E-state index in [9.17, 15) is 4.79 Å². The van der Waals surface area contributed by atoms with Crippen molar-refractivity contribution in [3.63, 3.8) is 0 Å². The zero-order valence-corrected chi connectivity index (χ0v) is 10.9. The third kappa shape index (κ3) is 3.48. The highest BCUT2D eigenvalue weighted by atomic mass is 16.1. The van der Waals surface area contributed by atoms with Gasteiger partial charge in [0.1, 0.15) is 0 Å². The predicted octanol–water partition coefficient (Wildman–Crippen LogP) is 2.06. The standard InChI is InChI=1S/C13H26N2O/c1-10(2)8-11(3)15-9-13(12(14)16)6-4-5-7-13/h10-11,15H,4-9H2,1-3H3,(H2,14,16).